The van der Waals surface area contributed by atoms with E-state index in [4.69, 9.17) is 5.73 Å². The monoisotopic (exact) mass is 348 g/mol. The van der Waals surface area contributed by atoms with Gasteiger partial charge in [-0.3, -0.25) is 4.90 Å². The summed E-state index contributed by atoms with van der Waals surface area (Å²) in [5.74, 6) is 6.33. The summed E-state index contributed by atoms with van der Waals surface area (Å²) in [7, 11) is 2.14. The zero-order valence-electron chi connectivity index (χ0n) is 16.6. The molecule has 0 bridgehead atoms. The second kappa shape index (κ2) is 11.3. The van der Waals surface area contributed by atoms with E-state index in [1.807, 2.05) is 6.08 Å². The SMILES string of the molecule is C=CCN.CN(C/C=C/C#CC(C)(C)C)Cc1cccc2ccccc12. The molecule has 2 aromatic carbocycles. The predicted octanol–water partition coefficient (Wildman–Crippen LogP) is 5.01. The maximum Gasteiger partial charge on any atom is 0.0240 e. The fourth-order valence-corrected chi connectivity index (χ4v) is 2.34. The van der Waals surface area contributed by atoms with Crippen molar-refractivity contribution in [3.8, 4) is 11.8 Å². The molecule has 0 amide bonds. The van der Waals surface area contributed by atoms with Crippen LogP contribution in [-0.2, 0) is 6.54 Å². The van der Waals surface area contributed by atoms with Gasteiger partial charge in [-0.15, -0.1) is 6.58 Å². The Morgan fingerprint density at radius 3 is 2.42 bits per heavy atom. The van der Waals surface area contributed by atoms with Crippen LogP contribution in [0.2, 0.25) is 0 Å². The van der Waals surface area contributed by atoms with Crippen LogP contribution in [0, 0.1) is 17.3 Å². The second-order valence-corrected chi connectivity index (χ2v) is 7.28. The van der Waals surface area contributed by atoms with Gasteiger partial charge < -0.3 is 5.73 Å². The highest BCUT2D eigenvalue weighted by Gasteiger charge is 2.03. The molecule has 0 spiro atoms. The molecule has 0 saturated heterocycles. The van der Waals surface area contributed by atoms with E-state index in [1.165, 1.54) is 16.3 Å². The van der Waals surface area contributed by atoms with E-state index in [0.717, 1.165) is 13.1 Å². The van der Waals surface area contributed by atoms with E-state index < -0.39 is 0 Å². The fraction of sp³-hybridized carbons (Fsp3) is 0.333. The summed E-state index contributed by atoms with van der Waals surface area (Å²) in [6.07, 6.45) is 5.74. The molecule has 0 saturated carbocycles. The Hall–Kier alpha value is -2.34. The van der Waals surface area contributed by atoms with Crippen molar-refractivity contribution in [1.29, 1.82) is 0 Å². The minimum Gasteiger partial charge on any atom is -0.327 e. The number of benzene rings is 2. The van der Waals surface area contributed by atoms with Crippen LogP contribution >= 0.6 is 0 Å². The first-order valence-corrected chi connectivity index (χ1v) is 9.01. The topological polar surface area (TPSA) is 29.3 Å². The van der Waals surface area contributed by atoms with Gasteiger partial charge in [0.15, 0.2) is 0 Å². The lowest BCUT2D eigenvalue weighted by atomic mass is 9.98. The van der Waals surface area contributed by atoms with Gasteiger partial charge in [-0.2, -0.15) is 0 Å². The van der Waals surface area contributed by atoms with E-state index >= 15 is 0 Å². The van der Waals surface area contributed by atoms with Crippen molar-refractivity contribution >= 4 is 10.8 Å². The van der Waals surface area contributed by atoms with Crippen LogP contribution in [0.15, 0.2) is 67.3 Å². The molecule has 0 aliphatic carbocycles. The highest BCUT2D eigenvalue weighted by molar-refractivity contribution is 5.85. The lowest BCUT2D eigenvalue weighted by Crippen LogP contribution is -2.17. The Kier molecular flexibility index (Phi) is 9.44. The Morgan fingerprint density at radius 2 is 1.77 bits per heavy atom. The summed E-state index contributed by atoms with van der Waals surface area (Å²) in [4.78, 5) is 2.30. The molecule has 0 heterocycles. The summed E-state index contributed by atoms with van der Waals surface area (Å²) in [5.41, 5.74) is 6.35. The van der Waals surface area contributed by atoms with Crippen LogP contribution in [0.3, 0.4) is 0 Å². The molecule has 2 N–H and O–H groups in total. The maximum absolute atomic E-state index is 4.91. The first-order valence-electron chi connectivity index (χ1n) is 9.01. The zero-order chi connectivity index (χ0) is 19.4. The number of likely N-dealkylation sites (N-methyl/N-ethyl adjacent to an activating group) is 1. The van der Waals surface area contributed by atoms with Crippen molar-refractivity contribution in [2.75, 3.05) is 20.1 Å². The Morgan fingerprint density at radius 1 is 1.12 bits per heavy atom. The average molecular weight is 349 g/mol. The number of hydrogen-bond donors (Lipinski definition) is 1. The molecule has 2 heteroatoms. The van der Waals surface area contributed by atoms with Crippen LogP contribution in [0.4, 0.5) is 0 Å². The molecule has 0 atom stereocenters. The molecule has 0 aliphatic rings. The quantitative estimate of drug-likeness (QED) is 0.608. The minimum absolute atomic E-state index is 0.0686. The Balaban J connectivity index is 0.000000765. The first kappa shape index (κ1) is 21.7. The third-order valence-corrected chi connectivity index (χ3v) is 3.55. The number of fused-ring (bicyclic) bond motifs is 1. The van der Waals surface area contributed by atoms with Crippen molar-refractivity contribution in [2.45, 2.75) is 27.3 Å². The van der Waals surface area contributed by atoms with Gasteiger partial charge in [0.05, 0.1) is 0 Å². The standard InChI is InChI=1S/C21H25N.C3H7N/c1-21(2,3)15-8-5-9-16-22(4)17-19-13-10-12-18-11-6-7-14-20(18)19;1-2-3-4/h5-7,9-14H,16-17H2,1-4H3;2H,1,3-4H2/b9-5+;. The largest absolute Gasteiger partial charge is 0.327 e. The van der Waals surface area contributed by atoms with Gasteiger partial charge in [-0.25, -0.2) is 0 Å². The van der Waals surface area contributed by atoms with Crippen molar-refractivity contribution < 1.29 is 0 Å². The van der Waals surface area contributed by atoms with Gasteiger partial charge in [0, 0.05) is 25.0 Å². The van der Waals surface area contributed by atoms with Crippen molar-refractivity contribution in [1.82, 2.24) is 4.90 Å². The third kappa shape index (κ3) is 8.67. The average Bonchev–Trinajstić information content (AvgIpc) is 2.61. The Bertz CT molecular complexity index is 765. The van der Waals surface area contributed by atoms with Crippen LogP contribution in [0.25, 0.3) is 10.8 Å². The molecular formula is C24H32N2. The van der Waals surface area contributed by atoms with Gasteiger partial charge in [-0.05, 0) is 50.2 Å². The predicted molar refractivity (Wildman–Crippen MR) is 116 cm³/mol. The smallest absolute Gasteiger partial charge is 0.0240 e. The van der Waals surface area contributed by atoms with Crippen LogP contribution < -0.4 is 5.73 Å². The highest BCUT2D eigenvalue weighted by atomic mass is 15.1. The van der Waals surface area contributed by atoms with Gasteiger partial charge in [0.25, 0.3) is 0 Å². The number of nitrogens with zero attached hydrogens (tertiary/aromatic N) is 1. The molecule has 0 aromatic heterocycles. The van der Waals surface area contributed by atoms with E-state index in [1.54, 1.807) is 6.08 Å². The van der Waals surface area contributed by atoms with Gasteiger partial charge in [0.1, 0.15) is 0 Å². The Labute approximate surface area is 159 Å². The van der Waals surface area contributed by atoms with Crippen LogP contribution in [0.1, 0.15) is 26.3 Å². The maximum atomic E-state index is 4.91. The van der Waals surface area contributed by atoms with E-state index in [0.29, 0.717) is 6.54 Å². The van der Waals surface area contributed by atoms with E-state index in [2.05, 4.69) is 99.7 Å². The number of allylic oxidation sites excluding steroid dienone is 1. The number of hydrogen-bond acceptors (Lipinski definition) is 2. The summed E-state index contributed by atoms with van der Waals surface area (Å²) < 4.78 is 0. The molecule has 2 aromatic rings. The zero-order valence-corrected chi connectivity index (χ0v) is 16.6. The summed E-state index contributed by atoms with van der Waals surface area (Å²) >= 11 is 0. The molecule has 0 aliphatic heterocycles. The minimum atomic E-state index is 0.0686. The normalized spacial score (nSPS) is 11.0. The second-order valence-electron chi connectivity index (χ2n) is 7.28. The summed E-state index contributed by atoms with van der Waals surface area (Å²) in [6.45, 7) is 12.2. The molecule has 0 unspecified atom stereocenters. The number of nitrogens with two attached hydrogens (primary N) is 1. The first-order chi connectivity index (χ1) is 12.4. The van der Waals surface area contributed by atoms with Gasteiger partial charge >= 0.3 is 0 Å². The van der Waals surface area contributed by atoms with Crippen molar-refractivity contribution in [3.63, 3.8) is 0 Å². The lowest BCUT2D eigenvalue weighted by molar-refractivity contribution is 0.365. The molecule has 0 radical (unpaired) electrons. The third-order valence-electron chi connectivity index (χ3n) is 3.55. The fourth-order valence-electron chi connectivity index (χ4n) is 2.34. The van der Waals surface area contributed by atoms with Crippen molar-refractivity contribution in [2.24, 2.45) is 11.1 Å². The van der Waals surface area contributed by atoms with Crippen LogP contribution in [0.5, 0.6) is 0 Å². The highest BCUT2D eigenvalue weighted by Crippen LogP contribution is 2.19. The van der Waals surface area contributed by atoms with Crippen molar-refractivity contribution in [3.05, 3.63) is 72.8 Å². The van der Waals surface area contributed by atoms with Gasteiger partial charge in [0.2, 0.25) is 0 Å². The van der Waals surface area contributed by atoms with E-state index in [-0.39, 0.29) is 5.41 Å². The van der Waals surface area contributed by atoms with Crippen LogP contribution in [-0.4, -0.2) is 25.0 Å². The number of rotatable bonds is 5. The van der Waals surface area contributed by atoms with E-state index in [9.17, 15) is 0 Å². The summed E-state index contributed by atoms with van der Waals surface area (Å²) in [6, 6.07) is 15.1. The molecule has 26 heavy (non-hydrogen) atoms. The lowest BCUT2D eigenvalue weighted by Gasteiger charge is -2.15. The molecule has 2 nitrogen and oxygen atoms in total. The molecule has 138 valence electrons. The molecule has 2 rings (SSSR count). The molecular weight excluding hydrogens is 316 g/mol. The summed E-state index contributed by atoms with van der Waals surface area (Å²) in [5, 5.41) is 2.65. The van der Waals surface area contributed by atoms with Gasteiger partial charge in [-0.1, -0.05) is 66.5 Å². The molecule has 0 fully saturated rings.